The van der Waals surface area contributed by atoms with E-state index in [-0.39, 0.29) is 5.69 Å². The largest absolute Gasteiger partial charge is 0.378 e. The second-order valence-corrected chi connectivity index (χ2v) is 5.02. The topological polar surface area (TPSA) is 58.4 Å². The second kappa shape index (κ2) is 7.31. The zero-order chi connectivity index (χ0) is 14.4. The van der Waals surface area contributed by atoms with Crippen molar-refractivity contribution in [3.63, 3.8) is 0 Å². The van der Waals surface area contributed by atoms with Crippen LogP contribution in [0.2, 0.25) is 5.02 Å². The molecule has 0 saturated heterocycles. The summed E-state index contributed by atoms with van der Waals surface area (Å²) in [5.41, 5.74) is 0.519. The number of anilines is 1. The Morgan fingerprint density at radius 3 is 2.79 bits per heavy atom. The highest BCUT2D eigenvalue weighted by Crippen LogP contribution is 2.27. The van der Waals surface area contributed by atoms with Crippen LogP contribution < -0.4 is 5.32 Å². The number of hydrogen-bond acceptors (Lipinski definition) is 4. The molecule has 0 aromatic heterocycles. The van der Waals surface area contributed by atoms with E-state index in [1.165, 1.54) is 6.07 Å². The predicted molar refractivity (Wildman–Crippen MR) is 79.0 cm³/mol. The van der Waals surface area contributed by atoms with E-state index in [1.54, 1.807) is 12.1 Å². The van der Waals surface area contributed by atoms with E-state index in [0.29, 0.717) is 23.3 Å². The van der Waals surface area contributed by atoms with Gasteiger partial charge in [0.25, 0.3) is 5.69 Å². The Bertz CT molecular complexity index is 440. The van der Waals surface area contributed by atoms with Crippen molar-refractivity contribution in [3.8, 4) is 0 Å². The van der Waals surface area contributed by atoms with Gasteiger partial charge in [0, 0.05) is 30.2 Å². The van der Waals surface area contributed by atoms with Crippen LogP contribution in [0.4, 0.5) is 11.4 Å². The van der Waals surface area contributed by atoms with E-state index in [4.69, 9.17) is 11.6 Å². The SMILES string of the molecule is CCC(C)N(C)CCNc1ccc(Cl)cc1[N+](=O)[O-]. The van der Waals surface area contributed by atoms with Gasteiger partial charge in [-0.05, 0) is 32.5 Å². The molecule has 0 aliphatic carbocycles. The monoisotopic (exact) mass is 285 g/mol. The van der Waals surface area contributed by atoms with Crippen molar-refractivity contribution in [1.29, 1.82) is 0 Å². The maximum atomic E-state index is 10.9. The number of nitro groups is 1. The Morgan fingerprint density at radius 2 is 2.21 bits per heavy atom. The molecule has 0 amide bonds. The second-order valence-electron chi connectivity index (χ2n) is 4.58. The maximum absolute atomic E-state index is 10.9. The third kappa shape index (κ3) is 4.69. The first kappa shape index (κ1) is 15.7. The summed E-state index contributed by atoms with van der Waals surface area (Å²) in [5.74, 6) is 0. The van der Waals surface area contributed by atoms with Crippen LogP contribution in [-0.4, -0.2) is 36.0 Å². The van der Waals surface area contributed by atoms with E-state index in [1.807, 2.05) is 7.05 Å². The summed E-state index contributed by atoms with van der Waals surface area (Å²) >= 11 is 5.77. The van der Waals surface area contributed by atoms with Gasteiger partial charge in [-0.3, -0.25) is 10.1 Å². The molecule has 0 fully saturated rings. The van der Waals surface area contributed by atoms with Crippen molar-refractivity contribution in [1.82, 2.24) is 4.90 Å². The van der Waals surface area contributed by atoms with Crippen LogP contribution in [-0.2, 0) is 0 Å². The average Bonchev–Trinajstić information content (AvgIpc) is 2.38. The van der Waals surface area contributed by atoms with Crippen molar-refractivity contribution in [2.75, 3.05) is 25.5 Å². The fourth-order valence-corrected chi connectivity index (χ4v) is 1.87. The molecule has 0 aliphatic heterocycles. The van der Waals surface area contributed by atoms with Crippen molar-refractivity contribution in [2.24, 2.45) is 0 Å². The molecule has 0 radical (unpaired) electrons. The van der Waals surface area contributed by atoms with Crippen LogP contribution in [0.25, 0.3) is 0 Å². The number of nitrogens with one attached hydrogen (secondary N) is 1. The predicted octanol–water partition coefficient (Wildman–Crippen LogP) is 3.39. The Labute approximate surface area is 118 Å². The molecule has 0 saturated carbocycles. The molecule has 1 unspecified atom stereocenters. The molecule has 1 N–H and O–H groups in total. The zero-order valence-corrected chi connectivity index (χ0v) is 12.3. The fourth-order valence-electron chi connectivity index (χ4n) is 1.70. The lowest BCUT2D eigenvalue weighted by atomic mass is 10.2. The van der Waals surface area contributed by atoms with Crippen LogP contribution in [0.15, 0.2) is 18.2 Å². The fraction of sp³-hybridized carbons (Fsp3) is 0.538. The van der Waals surface area contributed by atoms with E-state index in [2.05, 4.69) is 24.1 Å². The number of rotatable bonds is 7. The molecular formula is C13H20ClN3O2. The molecule has 0 heterocycles. The minimum Gasteiger partial charge on any atom is -0.378 e. The minimum atomic E-state index is -0.424. The van der Waals surface area contributed by atoms with Gasteiger partial charge in [0.05, 0.1) is 4.92 Å². The average molecular weight is 286 g/mol. The molecule has 1 aromatic carbocycles. The van der Waals surface area contributed by atoms with Crippen LogP contribution >= 0.6 is 11.6 Å². The van der Waals surface area contributed by atoms with Gasteiger partial charge in [-0.25, -0.2) is 0 Å². The number of likely N-dealkylation sites (N-methyl/N-ethyl adjacent to an activating group) is 1. The third-order valence-electron chi connectivity index (χ3n) is 3.28. The quantitative estimate of drug-likeness (QED) is 0.616. The van der Waals surface area contributed by atoms with Gasteiger partial charge in [-0.2, -0.15) is 0 Å². The van der Waals surface area contributed by atoms with Gasteiger partial charge in [0.1, 0.15) is 5.69 Å². The third-order valence-corrected chi connectivity index (χ3v) is 3.51. The Balaban J connectivity index is 2.61. The van der Waals surface area contributed by atoms with Gasteiger partial charge < -0.3 is 10.2 Å². The smallest absolute Gasteiger partial charge is 0.293 e. The van der Waals surface area contributed by atoms with Crippen molar-refractivity contribution >= 4 is 23.0 Å². The van der Waals surface area contributed by atoms with Crippen LogP contribution in [0.1, 0.15) is 20.3 Å². The summed E-state index contributed by atoms with van der Waals surface area (Å²) in [6.45, 7) is 5.78. The molecule has 0 bridgehead atoms. The molecule has 1 rings (SSSR count). The molecule has 106 valence electrons. The first-order valence-electron chi connectivity index (χ1n) is 6.33. The number of hydrogen-bond donors (Lipinski definition) is 1. The maximum Gasteiger partial charge on any atom is 0.293 e. The summed E-state index contributed by atoms with van der Waals surface area (Å²) < 4.78 is 0. The first-order valence-corrected chi connectivity index (χ1v) is 6.71. The molecule has 1 atom stereocenters. The van der Waals surface area contributed by atoms with E-state index in [9.17, 15) is 10.1 Å². The summed E-state index contributed by atoms with van der Waals surface area (Å²) in [6, 6.07) is 5.16. The Kier molecular flexibility index (Phi) is 6.05. The molecule has 6 heteroatoms. The summed E-state index contributed by atoms with van der Waals surface area (Å²) in [6.07, 6.45) is 1.08. The Morgan fingerprint density at radius 1 is 1.53 bits per heavy atom. The highest BCUT2D eigenvalue weighted by atomic mass is 35.5. The zero-order valence-electron chi connectivity index (χ0n) is 11.5. The first-order chi connectivity index (χ1) is 8.95. The standard InChI is InChI=1S/C13H20ClN3O2/c1-4-10(2)16(3)8-7-15-12-6-5-11(14)9-13(12)17(18)19/h5-6,9-10,15H,4,7-8H2,1-3H3. The highest BCUT2D eigenvalue weighted by molar-refractivity contribution is 6.30. The Hall–Kier alpha value is -1.33. The lowest BCUT2D eigenvalue weighted by Crippen LogP contribution is -2.32. The molecule has 0 spiro atoms. The lowest BCUT2D eigenvalue weighted by Gasteiger charge is -2.23. The van der Waals surface area contributed by atoms with Crippen LogP contribution in [0, 0.1) is 10.1 Å². The molecule has 0 aliphatic rings. The van der Waals surface area contributed by atoms with Gasteiger partial charge in [-0.15, -0.1) is 0 Å². The van der Waals surface area contributed by atoms with Crippen molar-refractivity contribution in [2.45, 2.75) is 26.3 Å². The summed E-state index contributed by atoms with van der Waals surface area (Å²) in [7, 11) is 2.05. The van der Waals surface area contributed by atoms with E-state index >= 15 is 0 Å². The number of nitrogens with zero attached hydrogens (tertiary/aromatic N) is 2. The number of halogens is 1. The van der Waals surface area contributed by atoms with Gasteiger partial charge in [0.2, 0.25) is 0 Å². The number of benzene rings is 1. The summed E-state index contributed by atoms with van der Waals surface area (Å²) in [5, 5.41) is 14.4. The molecule has 5 nitrogen and oxygen atoms in total. The summed E-state index contributed by atoms with van der Waals surface area (Å²) in [4.78, 5) is 12.7. The highest BCUT2D eigenvalue weighted by Gasteiger charge is 2.14. The van der Waals surface area contributed by atoms with Gasteiger partial charge in [0.15, 0.2) is 0 Å². The minimum absolute atomic E-state index is 0.0127. The van der Waals surface area contributed by atoms with Crippen LogP contribution in [0.3, 0.4) is 0 Å². The van der Waals surface area contributed by atoms with Crippen LogP contribution in [0.5, 0.6) is 0 Å². The van der Waals surface area contributed by atoms with Gasteiger partial charge >= 0.3 is 0 Å². The normalized spacial score (nSPS) is 12.5. The van der Waals surface area contributed by atoms with Crippen molar-refractivity contribution < 1.29 is 4.92 Å². The number of nitro benzene ring substituents is 1. The van der Waals surface area contributed by atoms with E-state index in [0.717, 1.165) is 13.0 Å². The lowest BCUT2D eigenvalue weighted by molar-refractivity contribution is -0.383. The molecule has 1 aromatic rings. The van der Waals surface area contributed by atoms with Gasteiger partial charge in [-0.1, -0.05) is 18.5 Å². The van der Waals surface area contributed by atoms with E-state index < -0.39 is 4.92 Å². The van der Waals surface area contributed by atoms with Crippen molar-refractivity contribution in [3.05, 3.63) is 33.3 Å². The molecule has 19 heavy (non-hydrogen) atoms. The molecular weight excluding hydrogens is 266 g/mol.